The topological polar surface area (TPSA) is 78.9 Å². The van der Waals surface area contributed by atoms with Gasteiger partial charge >= 0.3 is 0 Å². The number of primary amides is 1. The molecule has 0 unspecified atom stereocenters. The van der Waals surface area contributed by atoms with E-state index in [4.69, 9.17) is 11.0 Å². The summed E-state index contributed by atoms with van der Waals surface area (Å²) in [6.07, 6.45) is 0. The fourth-order valence-corrected chi connectivity index (χ4v) is 1.43. The van der Waals surface area contributed by atoms with E-state index in [0.717, 1.165) is 10.2 Å². The van der Waals surface area contributed by atoms with Crippen LogP contribution in [0.5, 0.6) is 0 Å². The number of nitrogens with zero attached hydrogens (tertiary/aromatic N) is 1. The molecule has 1 aromatic carbocycles. The molecule has 0 aromatic heterocycles. The number of amides is 1. The molecule has 14 heavy (non-hydrogen) atoms. The van der Waals surface area contributed by atoms with Crippen molar-refractivity contribution < 1.29 is 4.79 Å². The quantitative estimate of drug-likeness (QED) is 0.851. The van der Waals surface area contributed by atoms with Crippen molar-refractivity contribution in [2.75, 3.05) is 11.9 Å². The number of halogens is 1. The van der Waals surface area contributed by atoms with Gasteiger partial charge in [0.2, 0.25) is 5.91 Å². The molecule has 0 fully saturated rings. The predicted molar refractivity (Wildman–Crippen MR) is 56.5 cm³/mol. The van der Waals surface area contributed by atoms with E-state index in [0.29, 0.717) is 5.56 Å². The highest BCUT2D eigenvalue weighted by Gasteiger charge is 2.01. The van der Waals surface area contributed by atoms with Gasteiger partial charge in [-0.05, 0) is 34.1 Å². The van der Waals surface area contributed by atoms with Gasteiger partial charge in [-0.1, -0.05) is 0 Å². The smallest absolute Gasteiger partial charge is 0.236 e. The fraction of sp³-hybridized carbons (Fsp3) is 0.111. The van der Waals surface area contributed by atoms with E-state index in [-0.39, 0.29) is 6.54 Å². The fourth-order valence-electron chi connectivity index (χ4n) is 0.910. The molecule has 0 heterocycles. The molecule has 0 atom stereocenters. The van der Waals surface area contributed by atoms with Gasteiger partial charge in [0, 0.05) is 10.2 Å². The molecular weight excluding hydrogens is 246 g/mol. The normalized spacial score (nSPS) is 9.14. The van der Waals surface area contributed by atoms with Crippen LogP contribution >= 0.6 is 15.9 Å². The summed E-state index contributed by atoms with van der Waals surface area (Å²) in [7, 11) is 0. The summed E-state index contributed by atoms with van der Waals surface area (Å²) < 4.78 is 0.734. The Morgan fingerprint density at radius 1 is 1.64 bits per heavy atom. The van der Waals surface area contributed by atoms with Crippen LogP contribution < -0.4 is 11.1 Å². The van der Waals surface area contributed by atoms with Crippen LogP contribution in [0.15, 0.2) is 22.7 Å². The van der Waals surface area contributed by atoms with Crippen molar-refractivity contribution in [3.63, 3.8) is 0 Å². The average molecular weight is 254 g/mol. The lowest BCUT2D eigenvalue weighted by Crippen LogP contribution is -2.21. The Bertz CT molecular complexity index is 398. The number of rotatable bonds is 3. The number of hydrogen-bond acceptors (Lipinski definition) is 3. The zero-order chi connectivity index (χ0) is 10.6. The summed E-state index contributed by atoms with van der Waals surface area (Å²) in [5, 5.41) is 11.4. The van der Waals surface area contributed by atoms with Gasteiger partial charge in [0.1, 0.15) is 0 Å². The van der Waals surface area contributed by atoms with Gasteiger partial charge in [-0.3, -0.25) is 4.79 Å². The molecule has 1 aromatic rings. The third kappa shape index (κ3) is 2.75. The Labute approximate surface area is 89.8 Å². The first-order valence-corrected chi connectivity index (χ1v) is 4.64. The summed E-state index contributed by atoms with van der Waals surface area (Å²) in [4.78, 5) is 10.5. The van der Waals surface area contributed by atoms with Crippen LogP contribution in [0, 0.1) is 11.3 Å². The molecule has 0 aliphatic heterocycles. The van der Waals surface area contributed by atoms with E-state index in [1.165, 1.54) is 0 Å². The molecule has 3 N–H and O–H groups in total. The summed E-state index contributed by atoms with van der Waals surface area (Å²) in [6.45, 7) is 0.0739. The minimum Gasteiger partial charge on any atom is -0.375 e. The third-order valence-corrected chi connectivity index (χ3v) is 2.21. The minimum atomic E-state index is -0.429. The number of hydrogen-bond donors (Lipinski definition) is 2. The molecule has 0 aliphatic rings. The monoisotopic (exact) mass is 253 g/mol. The van der Waals surface area contributed by atoms with Crippen molar-refractivity contribution in [2.45, 2.75) is 0 Å². The average Bonchev–Trinajstić information content (AvgIpc) is 2.15. The highest BCUT2D eigenvalue weighted by atomic mass is 79.9. The van der Waals surface area contributed by atoms with E-state index < -0.39 is 5.91 Å². The number of anilines is 1. The molecule has 0 bridgehead atoms. The highest BCUT2D eigenvalue weighted by Crippen LogP contribution is 2.22. The molecule has 5 heteroatoms. The zero-order valence-corrected chi connectivity index (χ0v) is 8.84. The molecule has 0 saturated carbocycles. The molecular formula is C9H8BrN3O. The first-order valence-electron chi connectivity index (χ1n) is 3.85. The second kappa shape index (κ2) is 4.63. The summed E-state index contributed by atoms with van der Waals surface area (Å²) in [5.41, 5.74) is 6.27. The first-order chi connectivity index (χ1) is 6.63. The lowest BCUT2D eigenvalue weighted by atomic mass is 10.2. The van der Waals surface area contributed by atoms with Gasteiger partial charge in [0.25, 0.3) is 0 Å². The summed E-state index contributed by atoms with van der Waals surface area (Å²) in [6, 6.07) is 7.06. The van der Waals surface area contributed by atoms with Crippen LogP contribution in [-0.2, 0) is 4.79 Å². The van der Waals surface area contributed by atoms with Crippen molar-refractivity contribution in [2.24, 2.45) is 5.73 Å². The number of nitriles is 1. The van der Waals surface area contributed by atoms with Crippen LogP contribution in [0.4, 0.5) is 5.69 Å². The molecule has 0 aliphatic carbocycles. The van der Waals surface area contributed by atoms with E-state index in [1.54, 1.807) is 18.2 Å². The van der Waals surface area contributed by atoms with Gasteiger partial charge in [0.05, 0.1) is 18.2 Å². The maximum atomic E-state index is 10.5. The zero-order valence-electron chi connectivity index (χ0n) is 7.25. The van der Waals surface area contributed by atoms with Crippen LogP contribution in [-0.4, -0.2) is 12.5 Å². The maximum absolute atomic E-state index is 10.5. The van der Waals surface area contributed by atoms with Crippen molar-refractivity contribution in [3.8, 4) is 6.07 Å². The lowest BCUT2D eigenvalue weighted by molar-refractivity contribution is -0.116. The molecule has 1 amide bonds. The molecule has 4 nitrogen and oxygen atoms in total. The summed E-state index contributed by atoms with van der Waals surface area (Å²) >= 11 is 3.27. The van der Waals surface area contributed by atoms with Gasteiger partial charge in [-0.25, -0.2) is 0 Å². The lowest BCUT2D eigenvalue weighted by Gasteiger charge is -2.05. The van der Waals surface area contributed by atoms with E-state index in [9.17, 15) is 4.79 Å². The Kier molecular flexibility index (Phi) is 3.48. The second-order valence-corrected chi connectivity index (χ2v) is 3.48. The summed E-state index contributed by atoms with van der Waals surface area (Å²) in [5.74, 6) is -0.429. The molecule has 72 valence electrons. The Morgan fingerprint density at radius 2 is 2.36 bits per heavy atom. The van der Waals surface area contributed by atoms with Gasteiger partial charge < -0.3 is 11.1 Å². The maximum Gasteiger partial charge on any atom is 0.236 e. The molecule has 0 spiro atoms. The van der Waals surface area contributed by atoms with E-state index in [1.807, 2.05) is 6.07 Å². The van der Waals surface area contributed by atoms with Gasteiger partial charge in [0.15, 0.2) is 0 Å². The first kappa shape index (κ1) is 10.5. The van der Waals surface area contributed by atoms with Crippen molar-refractivity contribution in [1.29, 1.82) is 5.26 Å². The van der Waals surface area contributed by atoms with Crippen LogP contribution in [0.3, 0.4) is 0 Å². The largest absolute Gasteiger partial charge is 0.375 e. The number of nitrogens with one attached hydrogen (secondary N) is 1. The highest BCUT2D eigenvalue weighted by molar-refractivity contribution is 9.10. The standard InChI is InChI=1S/C9H8BrN3O/c10-7-3-6(4-11)1-2-8(7)13-5-9(12)14/h1-3,13H,5H2,(H2,12,14). The minimum absolute atomic E-state index is 0.0739. The van der Waals surface area contributed by atoms with Crippen molar-refractivity contribution >= 4 is 27.5 Å². The predicted octanol–water partition coefficient (Wildman–Crippen LogP) is 1.22. The van der Waals surface area contributed by atoms with E-state index in [2.05, 4.69) is 21.2 Å². The van der Waals surface area contributed by atoms with Crippen LogP contribution in [0.2, 0.25) is 0 Å². The third-order valence-electron chi connectivity index (χ3n) is 1.55. The van der Waals surface area contributed by atoms with E-state index >= 15 is 0 Å². The van der Waals surface area contributed by atoms with Crippen molar-refractivity contribution in [1.82, 2.24) is 0 Å². The number of carbonyl (C=O) groups is 1. The van der Waals surface area contributed by atoms with Gasteiger partial charge in [-0.15, -0.1) is 0 Å². The Balaban J connectivity index is 2.80. The Hall–Kier alpha value is -1.54. The number of carbonyl (C=O) groups excluding carboxylic acids is 1. The molecule has 0 saturated heterocycles. The molecule has 0 radical (unpaired) electrons. The molecule has 1 rings (SSSR count). The van der Waals surface area contributed by atoms with Crippen molar-refractivity contribution in [3.05, 3.63) is 28.2 Å². The van der Waals surface area contributed by atoms with Crippen LogP contribution in [0.25, 0.3) is 0 Å². The SMILES string of the molecule is N#Cc1ccc(NCC(N)=O)c(Br)c1. The number of benzene rings is 1. The van der Waals surface area contributed by atoms with Gasteiger partial charge in [-0.2, -0.15) is 5.26 Å². The Morgan fingerprint density at radius 3 is 2.86 bits per heavy atom. The number of nitrogens with two attached hydrogens (primary N) is 1. The van der Waals surface area contributed by atoms with Crippen LogP contribution in [0.1, 0.15) is 5.56 Å². The second-order valence-electron chi connectivity index (χ2n) is 2.63.